The molecule has 0 aliphatic rings. The highest BCUT2D eigenvalue weighted by Crippen LogP contribution is 1.96. The van der Waals surface area contributed by atoms with Crippen LogP contribution in [0.2, 0.25) is 0 Å². The van der Waals surface area contributed by atoms with Crippen LogP contribution in [0.15, 0.2) is 36.5 Å². The van der Waals surface area contributed by atoms with Crippen molar-refractivity contribution >= 4 is 23.9 Å². The van der Waals surface area contributed by atoms with Crippen molar-refractivity contribution in [2.75, 3.05) is 0 Å². The summed E-state index contributed by atoms with van der Waals surface area (Å²) < 4.78 is 8.48. The van der Waals surface area contributed by atoms with Gasteiger partial charge >= 0.3 is 23.9 Å². The number of carbonyl (C=O) groups is 4. The van der Waals surface area contributed by atoms with Crippen LogP contribution in [0.1, 0.15) is 13.8 Å². The Morgan fingerprint density at radius 2 is 1.06 bits per heavy atom. The molecule has 0 amide bonds. The smallest absolute Gasteiger partial charge is 0.340 e. The van der Waals surface area contributed by atoms with E-state index in [1.807, 2.05) is 0 Å². The van der Waals surface area contributed by atoms with E-state index in [-0.39, 0.29) is 11.1 Å². The summed E-state index contributed by atoms with van der Waals surface area (Å²) in [5.74, 6) is -3.95. The van der Waals surface area contributed by atoms with Gasteiger partial charge in [0.2, 0.25) is 0 Å². The van der Waals surface area contributed by atoms with Gasteiger partial charge in [-0.15, -0.1) is 0 Å². The lowest BCUT2D eigenvalue weighted by molar-refractivity contribution is -0.156. The molecule has 0 N–H and O–H groups in total. The van der Waals surface area contributed by atoms with E-state index in [4.69, 9.17) is 0 Å². The van der Waals surface area contributed by atoms with E-state index < -0.39 is 23.9 Å². The molecule has 96 valence electrons. The van der Waals surface area contributed by atoms with Crippen LogP contribution in [0.5, 0.6) is 0 Å². The molecular formula is C12H12O6. The fourth-order valence-electron chi connectivity index (χ4n) is 0.561. The topological polar surface area (TPSA) is 86.7 Å². The van der Waals surface area contributed by atoms with E-state index >= 15 is 0 Å². The summed E-state index contributed by atoms with van der Waals surface area (Å²) in [5.41, 5.74) is 0.0774. The van der Waals surface area contributed by atoms with Crippen molar-refractivity contribution in [3.63, 3.8) is 0 Å². The Balaban J connectivity index is 4.31. The first-order valence-electron chi connectivity index (χ1n) is 4.75. The standard InChI is InChI=1S/C12H12O6/c1-7(2)11(15)17-9(13)5-6-10(14)18-12(16)8(3)4/h5-6H,1,3H2,2,4H3. The van der Waals surface area contributed by atoms with Gasteiger partial charge in [0, 0.05) is 23.3 Å². The van der Waals surface area contributed by atoms with Crippen molar-refractivity contribution in [3.05, 3.63) is 36.5 Å². The van der Waals surface area contributed by atoms with E-state index in [1.165, 1.54) is 13.8 Å². The molecule has 0 aromatic rings. The maximum atomic E-state index is 11.0. The summed E-state index contributed by atoms with van der Waals surface area (Å²) >= 11 is 0. The van der Waals surface area contributed by atoms with Crippen molar-refractivity contribution in [1.82, 2.24) is 0 Å². The summed E-state index contributed by atoms with van der Waals surface area (Å²) in [5, 5.41) is 0. The third kappa shape index (κ3) is 6.16. The quantitative estimate of drug-likeness (QED) is 0.418. The predicted octanol–water partition coefficient (Wildman–Crippen LogP) is 0.834. The molecule has 0 spiro atoms. The molecule has 0 saturated heterocycles. The van der Waals surface area contributed by atoms with Gasteiger partial charge in [-0.2, -0.15) is 0 Å². The molecular weight excluding hydrogens is 240 g/mol. The Labute approximate surface area is 104 Å². The second-order valence-electron chi connectivity index (χ2n) is 3.31. The molecule has 0 radical (unpaired) electrons. The highest BCUT2D eigenvalue weighted by Gasteiger charge is 2.11. The second kappa shape index (κ2) is 6.95. The SMILES string of the molecule is C=C(C)C(=O)OC(=O)C=CC(=O)OC(=O)C(=C)C. The number of carbonyl (C=O) groups excluding carboxylic acids is 4. The van der Waals surface area contributed by atoms with Crippen LogP contribution < -0.4 is 0 Å². The average molecular weight is 252 g/mol. The van der Waals surface area contributed by atoms with Crippen molar-refractivity contribution in [3.8, 4) is 0 Å². The van der Waals surface area contributed by atoms with Gasteiger partial charge in [0.1, 0.15) is 0 Å². The predicted molar refractivity (Wildman–Crippen MR) is 61.0 cm³/mol. The molecule has 0 atom stereocenters. The van der Waals surface area contributed by atoms with E-state index in [1.54, 1.807) is 0 Å². The molecule has 18 heavy (non-hydrogen) atoms. The first kappa shape index (κ1) is 15.5. The molecule has 0 aromatic carbocycles. The lowest BCUT2D eigenvalue weighted by Crippen LogP contribution is -2.13. The van der Waals surface area contributed by atoms with Gasteiger partial charge in [0.15, 0.2) is 0 Å². The van der Waals surface area contributed by atoms with Crippen LogP contribution in [0, 0.1) is 0 Å². The van der Waals surface area contributed by atoms with Crippen LogP contribution >= 0.6 is 0 Å². The molecule has 0 aromatic heterocycles. The number of esters is 4. The number of rotatable bonds is 4. The minimum Gasteiger partial charge on any atom is -0.386 e. The van der Waals surface area contributed by atoms with Crippen molar-refractivity contribution in [2.24, 2.45) is 0 Å². The summed E-state index contributed by atoms with van der Waals surface area (Å²) in [7, 11) is 0. The Kier molecular flexibility index (Phi) is 5.98. The first-order valence-corrected chi connectivity index (χ1v) is 4.75. The monoisotopic (exact) mass is 252 g/mol. The zero-order valence-electron chi connectivity index (χ0n) is 10.0. The maximum absolute atomic E-state index is 11.0. The molecule has 0 rings (SSSR count). The third-order valence-electron chi connectivity index (χ3n) is 1.44. The van der Waals surface area contributed by atoms with Crippen LogP contribution in [0.4, 0.5) is 0 Å². The van der Waals surface area contributed by atoms with Crippen molar-refractivity contribution < 1.29 is 28.7 Å². The van der Waals surface area contributed by atoms with Gasteiger partial charge < -0.3 is 9.47 Å². The minimum atomic E-state index is -1.07. The fraction of sp³-hybridized carbons (Fsp3) is 0.167. The van der Waals surface area contributed by atoms with E-state index in [0.717, 1.165) is 0 Å². The highest BCUT2D eigenvalue weighted by atomic mass is 16.6. The molecule has 0 fully saturated rings. The Bertz CT molecular complexity index is 413. The van der Waals surface area contributed by atoms with Crippen molar-refractivity contribution in [1.29, 1.82) is 0 Å². The zero-order valence-corrected chi connectivity index (χ0v) is 10.0. The summed E-state index contributed by atoms with van der Waals surface area (Å²) in [6, 6.07) is 0. The number of hydrogen-bond donors (Lipinski definition) is 0. The van der Waals surface area contributed by atoms with Gasteiger partial charge in [-0.1, -0.05) is 13.2 Å². The summed E-state index contributed by atoms with van der Waals surface area (Å²) in [6.45, 7) is 9.25. The molecule has 6 heteroatoms. The lowest BCUT2D eigenvalue weighted by atomic mass is 10.3. The summed E-state index contributed by atoms with van der Waals surface area (Å²) in [6.07, 6.45) is 1.32. The van der Waals surface area contributed by atoms with Gasteiger partial charge in [0.25, 0.3) is 0 Å². The maximum Gasteiger partial charge on any atom is 0.340 e. The Morgan fingerprint density at radius 3 is 1.28 bits per heavy atom. The molecule has 0 aliphatic carbocycles. The molecule has 0 bridgehead atoms. The van der Waals surface area contributed by atoms with E-state index in [0.29, 0.717) is 12.2 Å². The average Bonchev–Trinajstić information content (AvgIpc) is 2.25. The molecule has 0 heterocycles. The molecule has 0 aliphatic heterocycles. The van der Waals surface area contributed by atoms with Gasteiger partial charge in [-0.3, -0.25) is 0 Å². The Morgan fingerprint density at radius 1 is 0.778 bits per heavy atom. The molecule has 0 unspecified atom stereocenters. The number of ether oxygens (including phenoxy) is 2. The van der Waals surface area contributed by atoms with E-state index in [9.17, 15) is 19.2 Å². The fourth-order valence-corrected chi connectivity index (χ4v) is 0.561. The van der Waals surface area contributed by atoms with E-state index in [2.05, 4.69) is 22.6 Å². The third-order valence-corrected chi connectivity index (χ3v) is 1.44. The van der Waals surface area contributed by atoms with Crippen LogP contribution in [0.25, 0.3) is 0 Å². The minimum absolute atomic E-state index is 0.0387. The van der Waals surface area contributed by atoms with Gasteiger partial charge in [-0.05, 0) is 13.8 Å². The largest absolute Gasteiger partial charge is 0.386 e. The first-order chi connectivity index (χ1) is 8.23. The van der Waals surface area contributed by atoms with Gasteiger partial charge in [0.05, 0.1) is 0 Å². The zero-order chi connectivity index (χ0) is 14.3. The second-order valence-corrected chi connectivity index (χ2v) is 3.31. The van der Waals surface area contributed by atoms with Crippen LogP contribution in [-0.4, -0.2) is 23.9 Å². The van der Waals surface area contributed by atoms with Gasteiger partial charge in [-0.25, -0.2) is 19.2 Å². The van der Waals surface area contributed by atoms with Crippen LogP contribution in [0.3, 0.4) is 0 Å². The number of hydrogen-bond acceptors (Lipinski definition) is 6. The molecule has 0 saturated carbocycles. The highest BCUT2D eigenvalue weighted by molar-refractivity contribution is 6.03. The summed E-state index contributed by atoms with van der Waals surface area (Å²) in [4.78, 5) is 43.8. The van der Waals surface area contributed by atoms with Crippen LogP contribution in [-0.2, 0) is 28.7 Å². The normalized spacial score (nSPS) is 9.67. The van der Waals surface area contributed by atoms with Crippen molar-refractivity contribution in [2.45, 2.75) is 13.8 Å². The molecule has 6 nitrogen and oxygen atoms in total. The Hall–Kier alpha value is -2.50. The lowest BCUT2D eigenvalue weighted by Gasteiger charge is -1.98.